The number of benzene rings is 1. The summed E-state index contributed by atoms with van der Waals surface area (Å²) < 4.78 is 6.98. The third-order valence-corrected chi connectivity index (χ3v) is 4.54. The lowest BCUT2D eigenvalue weighted by Gasteiger charge is -2.12. The van der Waals surface area contributed by atoms with E-state index in [-0.39, 0.29) is 11.9 Å². The molecular formula is C20H29N5O3. The molecule has 0 saturated heterocycles. The van der Waals surface area contributed by atoms with Crippen molar-refractivity contribution in [1.29, 1.82) is 0 Å². The zero-order chi connectivity index (χ0) is 20.7. The van der Waals surface area contributed by atoms with E-state index in [0.717, 1.165) is 22.5 Å². The average Bonchev–Trinajstić information content (AvgIpc) is 2.93. The highest BCUT2D eigenvalue weighted by molar-refractivity contribution is 5.96. The van der Waals surface area contributed by atoms with Crippen LogP contribution in [-0.2, 0) is 17.8 Å². The number of urea groups is 1. The number of nitrogens with one attached hydrogen (secondary N) is 3. The number of anilines is 1. The molecule has 0 aliphatic rings. The summed E-state index contributed by atoms with van der Waals surface area (Å²) in [7, 11) is 1.66. The molecule has 0 unspecified atom stereocenters. The lowest BCUT2D eigenvalue weighted by Crippen LogP contribution is -2.29. The van der Waals surface area contributed by atoms with Crippen molar-refractivity contribution in [2.45, 2.75) is 40.8 Å². The van der Waals surface area contributed by atoms with Crippen LogP contribution < -0.4 is 16.0 Å². The van der Waals surface area contributed by atoms with Gasteiger partial charge >= 0.3 is 6.03 Å². The maximum absolute atomic E-state index is 12.3. The van der Waals surface area contributed by atoms with Gasteiger partial charge in [-0.2, -0.15) is 5.10 Å². The molecule has 28 heavy (non-hydrogen) atoms. The Hall–Kier alpha value is -2.87. The number of nitrogens with zero attached hydrogens (tertiary/aromatic N) is 2. The second-order valence-corrected chi connectivity index (χ2v) is 6.56. The number of hydrogen-bond donors (Lipinski definition) is 3. The predicted molar refractivity (Wildman–Crippen MR) is 109 cm³/mol. The van der Waals surface area contributed by atoms with E-state index in [4.69, 9.17) is 4.74 Å². The van der Waals surface area contributed by atoms with Crippen LogP contribution in [0.1, 0.15) is 39.8 Å². The molecule has 1 heterocycles. The summed E-state index contributed by atoms with van der Waals surface area (Å²) in [5.74, 6) is -0.127. The van der Waals surface area contributed by atoms with E-state index in [2.05, 4.69) is 21.0 Å². The largest absolute Gasteiger partial charge is 0.383 e. The molecular weight excluding hydrogens is 358 g/mol. The van der Waals surface area contributed by atoms with Crippen LogP contribution in [0.2, 0.25) is 0 Å². The third-order valence-electron chi connectivity index (χ3n) is 4.54. The quantitative estimate of drug-likeness (QED) is 0.648. The van der Waals surface area contributed by atoms with E-state index in [9.17, 15) is 9.59 Å². The summed E-state index contributed by atoms with van der Waals surface area (Å²) in [6.45, 7) is 9.84. The summed E-state index contributed by atoms with van der Waals surface area (Å²) in [6.07, 6.45) is 0. The van der Waals surface area contributed by atoms with Gasteiger partial charge < -0.3 is 20.7 Å². The van der Waals surface area contributed by atoms with Crippen molar-refractivity contribution in [3.63, 3.8) is 0 Å². The molecule has 1 aromatic carbocycles. The molecule has 0 spiro atoms. The van der Waals surface area contributed by atoms with Crippen LogP contribution in [-0.4, -0.2) is 42.0 Å². The average molecular weight is 387 g/mol. The Morgan fingerprint density at radius 3 is 2.57 bits per heavy atom. The van der Waals surface area contributed by atoms with Gasteiger partial charge in [0.15, 0.2) is 0 Å². The number of methoxy groups -OCH3 is 1. The molecule has 0 atom stereocenters. The van der Waals surface area contributed by atoms with Crippen molar-refractivity contribution in [2.75, 3.05) is 25.6 Å². The summed E-state index contributed by atoms with van der Waals surface area (Å²) in [4.78, 5) is 24.2. The molecule has 152 valence electrons. The Morgan fingerprint density at radius 1 is 1.18 bits per heavy atom. The molecule has 3 N–H and O–H groups in total. The fraction of sp³-hybridized carbons (Fsp3) is 0.450. The Bertz CT molecular complexity index is 845. The highest BCUT2D eigenvalue weighted by atomic mass is 16.5. The van der Waals surface area contributed by atoms with Gasteiger partial charge in [0, 0.05) is 42.7 Å². The zero-order valence-corrected chi connectivity index (χ0v) is 17.2. The summed E-state index contributed by atoms with van der Waals surface area (Å²) in [5, 5.41) is 12.9. The highest BCUT2D eigenvalue weighted by Gasteiger charge is 2.13. The standard InChI is InChI=1S/C20H29N5O3/c1-6-21-19(26)16-7-8-18(13(2)11-16)23-20(27)22-12-17-14(3)24-25(15(17)4)9-10-28-5/h7-8,11H,6,9-10,12H2,1-5H3,(H,21,26)(H2,22,23,27). The van der Waals surface area contributed by atoms with Gasteiger partial charge in [-0.25, -0.2) is 4.79 Å². The van der Waals surface area contributed by atoms with E-state index >= 15 is 0 Å². The number of ether oxygens (including phenoxy) is 1. The maximum atomic E-state index is 12.3. The third kappa shape index (κ3) is 5.32. The van der Waals surface area contributed by atoms with Crippen LogP contribution in [0.15, 0.2) is 18.2 Å². The van der Waals surface area contributed by atoms with Gasteiger partial charge in [0.1, 0.15) is 0 Å². The maximum Gasteiger partial charge on any atom is 0.319 e. The molecule has 3 amide bonds. The van der Waals surface area contributed by atoms with Crippen LogP contribution in [0.25, 0.3) is 0 Å². The van der Waals surface area contributed by atoms with Crippen molar-refractivity contribution in [2.24, 2.45) is 0 Å². The number of amides is 3. The molecule has 0 fully saturated rings. The minimum Gasteiger partial charge on any atom is -0.383 e. The van der Waals surface area contributed by atoms with Crippen LogP contribution in [0, 0.1) is 20.8 Å². The van der Waals surface area contributed by atoms with Crippen LogP contribution in [0.5, 0.6) is 0 Å². The Balaban J connectivity index is 1.98. The fourth-order valence-electron chi connectivity index (χ4n) is 2.93. The summed E-state index contributed by atoms with van der Waals surface area (Å²) in [5.41, 5.74) is 4.94. The van der Waals surface area contributed by atoms with Gasteiger partial charge in [0.25, 0.3) is 5.91 Å². The first-order valence-corrected chi connectivity index (χ1v) is 9.32. The van der Waals surface area contributed by atoms with Crippen molar-refractivity contribution in [3.8, 4) is 0 Å². The number of aromatic nitrogens is 2. The molecule has 0 saturated carbocycles. The van der Waals surface area contributed by atoms with E-state index < -0.39 is 0 Å². The van der Waals surface area contributed by atoms with Crippen LogP contribution in [0.3, 0.4) is 0 Å². The van der Waals surface area contributed by atoms with E-state index in [0.29, 0.717) is 37.5 Å². The normalized spacial score (nSPS) is 10.6. The fourth-order valence-corrected chi connectivity index (χ4v) is 2.93. The van der Waals surface area contributed by atoms with Crippen molar-refractivity contribution in [1.82, 2.24) is 20.4 Å². The lowest BCUT2D eigenvalue weighted by molar-refractivity contribution is 0.0955. The van der Waals surface area contributed by atoms with Gasteiger partial charge in [0.05, 0.1) is 18.8 Å². The second-order valence-electron chi connectivity index (χ2n) is 6.56. The number of carbonyl (C=O) groups excluding carboxylic acids is 2. The first-order valence-electron chi connectivity index (χ1n) is 9.32. The molecule has 8 heteroatoms. The number of aryl methyl sites for hydroxylation is 2. The molecule has 0 bridgehead atoms. The number of carbonyl (C=O) groups is 2. The number of hydrogen-bond acceptors (Lipinski definition) is 4. The summed E-state index contributed by atoms with van der Waals surface area (Å²) in [6, 6.07) is 4.88. The van der Waals surface area contributed by atoms with Crippen LogP contribution in [0.4, 0.5) is 10.5 Å². The number of rotatable bonds is 8. The van der Waals surface area contributed by atoms with Gasteiger partial charge in [-0.05, 0) is 51.5 Å². The SMILES string of the molecule is CCNC(=O)c1ccc(NC(=O)NCc2c(C)nn(CCOC)c2C)c(C)c1. The first-order chi connectivity index (χ1) is 13.4. The van der Waals surface area contributed by atoms with Gasteiger partial charge in [-0.1, -0.05) is 0 Å². The van der Waals surface area contributed by atoms with Crippen molar-refractivity contribution >= 4 is 17.6 Å². The van der Waals surface area contributed by atoms with Gasteiger partial charge in [-0.3, -0.25) is 9.48 Å². The topological polar surface area (TPSA) is 97.3 Å². The van der Waals surface area contributed by atoms with Gasteiger partial charge in [0.2, 0.25) is 0 Å². The van der Waals surface area contributed by atoms with Crippen molar-refractivity contribution in [3.05, 3.63) is 46.3 Å². The van der Waals surface area contributed by atoms with E-state index in [1.807, 2.05) is 32.4 Å². The summed E-state index contributed by atoms with van der Waals surface area (Å²) >= 11 is 0. The van der Waals surface area contributed by atoms with Gasteiger partial charge in [-0.15, -0.1) is 0 Å². The minimum absolute atomic E-state index is 0.127. The predicted octanol–water partition coefficient (Wildman–Crippen LogP) is 2.53. The molecule has 0 aliphatic carbocycles. The Labute approximate surface area is 165 Å². The Kier molecular flexibility index (Phi) is 7.57. The second kappa shape index (κ2) is 9.89. The van der Waals surface area contributed by atoms with Crippen LogP contribution >= 0.6 is 0 Å². The van der Waals surface area contributed by atoms with Crippen molar-refractivity contribution < 1.29 is 14.3 Å². The first kappa shape index (κ1) is 21.4. The van der Waals surface area contributed by atoms with E-state index in [1.54, 1.807) is 25.3 Å². The molecule has 0 aliphatic heterocycles. The smallest absolute Gasteiger partial charge is 0.319 e. The molecule has 2 aromatic rings. The molecule has 0 radical (unpaired) electrons. The zero-order valence-electron chi connectivity index (χ0n) is 17.2. The monoisotopic (exact) mass is 387 g/mol. The lowest BCUT2D eigenvalue weighted by atomic mass is 10.1. The minimum atomic E-state index is -0.308. The molecule has 8 nitrogen and oxygen atoms in total. The Morgan fingerprint density at radius 2 is 1.93 bits per heavy atom. The van der Waals surface area contributed by atoms with E-state index in [1.165, 1.54) is 0 Å². The molecule has 1 aromatic heterocycles. The molecule has 2 rings (SSSR count). The highest BCUT2D eigenvalue weighted by Crippen LogP contribution is 2.17.